The summed E-state index contributed by atoms with van der Waals surface area (Å²) < 4.78 is 10.2. The number of anilines is 1. The van der Waals surface area contributed by atoms with Crippen LogP contribution in [0.5, 0.6) is 0 Å². The average Bonchev–Trinajstić information content (AvgIpc) is 2.89. The van der Waals surface area contributed by atoms with Crippen LogP contribution in [0.1, 0.15) is 57.5 Å². The third kappa shape index (κ3) is 3.80. The molecule has 2 N–H and O–H groups in total. The number of aryl methyl sites for hydroxylation is 1. The average molecular weight is 332 g/mol. The summed E-state index contributed by atoms with van der Waals surface area (Å²) in [4.78, 5) is 23.8. The van der Waals surface area contributed by atoms with Crippen molar-refractivity contribution in [2.45, 2.75) is 33.3 Å². The normalized spacial score (nSPS) is 10.9. The molecule has 0 atom stereocenters. The minimum atomic E-state index is -1.08. The Labute approximate surface area is 139 Å². The fourth-order valence-electron chi connectivity index (χ4n) is 2.39. The molecule has 2 rings (SSSR count). The molecule has 128 valence electrons. The van der Waals surface area contributed by atoms with Crippen molar-refractivity contribution in [3.63, 3.8) is 0 Å². The Bertz CT molecular complexity index is 764. The third-order valence-corrected chi connectivity index (χ3v) is 3.45. The molecule has 0 unspecified atom stereocenters. The van der Waals surface area contributed by atoms with Gasteiger partial charge in [-0.15, -0.1) is 0 Å². The van der Waals surface area contributed by atoms with Crippen molar-refractivity contribution in [2.24, 2.45) is 0 Å². The summed E-state index contributed by atoms with van der Waals surface area (Å²) in [5.74, 6) is -0.964. The lowest BCUT2D eigenvalue weighted by molar-refractivity contribution is 0.0696. The van der Waals surface area contributed by atoms with Crippen LogP contribution in [0.4, 0.5) is 5.69 Å². The van der Waals surface area contributed by atoms with E-state index in [-0.39, 0.29) is 24.0 Å². The highest BCUT2D eigenvalue weighted by molar-refractivity contribution is 6.06. The highest BCUT2D eigenvalue weighted by Gasteiger charge is 2.23. The Balaban J connectivity index is 2.35. The van der Waals surface area contributed by atoms with Crippen LogP contribution in [0, 0.1) is 6.92 Å². The number of methoxy groups -OCH3 is 1. The first-order valence-electron chi connectivity index (χ1n) is 7.47. The van der Waals surface area contributed by atoms with Crippen molar-refractivity contribution < 1.29 is 24.0 Å². The number of carbonyl (C=O) groups is 2. The molecule has 0 fully saturated rings. The van der Waals surface area contributed by atoms with Crippen molar-refractivity contribution in [2.75, 3.05) is 12.4 Å². The maximum absolute atomic E-state index is 12.6. The second-order valence-corrected chi connectivity index (χ2v) is 5.77. The number of ether oxygens (including phenoxy) is 1. The zero-order valence-electron chi connectivity index (χ0n) is 14.0. The van der Waals surface area contributed by atoms with E-state index in [0.717, 1.165) is 0 Å². The van der Waals surface area contributed by atoms with Gasteiger partial charge in [-0.1, -0.05) is 19.0 Å². The van der Waals surface area contributed by atoms with Gasteiger partial charge in [-0.05, 0) is 30.7 Å². The molecular formula is C17H20N2O5. The molecule has 0 saturated carbocycles. The van der Waals surface area contributed by atoms with Crippen molar-refractivity contribution in [1.82, 2.24) is 5.16 Å². The Morgan fingerprint density at radius 1 is 1.33 bits per heavy atom. The van der Waals surface area contributed by atoms with Gasteiger partial charge in [0.15, 0.2) is 5.76 Å². The van der Waals surface area contributed by atoms with Gasteiger partial charge in [0.1, 0.15) is 5.56 Å². The minimum Gasteiger partial charge on any atom is -0.478 e. The van der Waals surface area contributed by atoms with Crippen molar-refractivity contribution in [3.05, 3.63) is 46.3 Å². The third-order valence-electron chi connectivity index (χ3n) is 3.45. The van der Waals surface area contributed by atoms with Crippen molar-refractivity contribution in [3.8, 4) is 0 Å². The molecule has 7 heteroatoms. The van der Waals surface area contributed by atoms with E-state index >= 15 is 0 Å². The van der Waals surface area contributed by atoms with Crippen LogP contribution < -0.4 is 5.32 Å². The Hall–Kier alpha value is -2.67. The first-order valence-corrected chi connectivity index (χ1v) is 7.47. The maximum atomic E-state index is 12.6. The van der Waals surface area contributed by atoms with Gasteiger partial charge < -0.3 is 19.7 Å². The van der Waals surface area contributed by atoms with Crippen LogP contribution in [0.3, 0.4) is 0 Å². The lowest BCUT2D eigenvalue weighted by Crippen LogP contribution is -2.15. The SMILES string of the molecule is COCc1cc(NC(=O)c2c(C)noc2C(C)C)cc(C(=O)O)c1. The van der Waals surface area contributed by atoms with E-state index in [2.05, 4.69) is 10.5 Å². The second-order valence-electron chi connectivity index (χ2n) is 5.77. The molecule has 0 aliphatic heterocycles. The smallest absolute Gasteiger partial charge is 0.335 e. The molecule has 1 aromatic heterocycles. The number of benzene rings is 1. The number of rotatable bonds is 6. The largest absolute Gasteiger partial charge is 0.478 e. The molecule has 0 aliphatic rings. The number of hydrogen-bond acceptors (Lipinski definition) is 5. The lowest BCUT2D eigenvalue weighted by atomic mass is 10.0. The number of nitrogens with one attached hydrogen (secondary N) is 1. The van der Waals surface area contributed by atoms with E-state index in [1.807, 2.05) is 13.8 Å². The number of aromatic nitrogens is 1. The molecule has 24 heavy (non-hydrogen) atoms. The highest BCUT2D eigenvalue weighted by atomic mass is 16.5. The zero-order chi connectivity index (χ0) is 17.9. The van der Waals surface area contributed by atoms with Gasteiger partial charge >= 0.3 is 5.97 Å². The summed E-state index contributed by atoms with van der Waals surface area (Å²) in [5.41, 5.74) is 1.97. The van der Waals surface area contributed by atoms with Gasteiger partial charge in [0, 0.05) is 18.7 Å². The van der Waals surface area contributed by atoms with Crippen LogP contribution in [0.15, 0.2) is 22.7 Å². The van der Waals surface area contributed by atoms with E-state index in [9.17, 15) is 14.7 Å². The fraction of sp³-hybridized carbons (Fsp3) is 0.353. The quantitative estimate of drug-likeness (QED) is 0.842. The highest BCUT2D eigenvalue weighted by Crippen LogP contribution is 2.24. The van der Waals surface area contributed by atoms with Gasteiger partial charge in [-0.25, -0.2) is 4.79 Å². The van der Waals surface area contributed by atoms with E-state index in [0.29, 0.717) is 28.3 Å². The van der Waals surface area contributed by atoms with Gasteiger partial charge in [-0.3, -0.25) is 4.79 Å². The van der Waals surface area contributed by atoms with Crippen molar-refractivity contribution in [1.29, 1.82) is 0 Å². The Morgan fingerprint density at radius 3 is 2.62 bits per heavy atom. The molecule has 7 nitrogen and oxygen atoms in total. The zero-order valence-corrected chi connectivity index (χ0v) is 14.0. The molecule has 0 spiro atoms. The number of aromatic carboxylic acids is 1. The van der Waals surface area contributed by atoms with E-state index in [4.69, 9.17) is 9.26 Å². The predicted molar refractivity (Wildman–Crippen MR) is 87.4 cm³/mol. The number of amides is 1. The topological polar surface area (TPSA) is 102 Å². The van der Waals surface area contributed by atoms with Gasteiger partial charge in [0.25, 0.3) is 5.91 Å². The van der Waals surface area contributed by atoms with Crippen LogP contribution in [-0.2, 0) is 11.3 Å². The number of carboxylic acids is 1. The predicted octanol–water partition coefficient (Wildman–Crippen LogP) is 3.20. The number of nitrogens with zero attached hydrogens (tertiary/aromatic N) is 1. The number of hydrogen-bond donors (Lipinski definition) is 2. The summed E-state index contributed by atoms with van der Waals surface area (Å²) in [6, 6.07) is 4.58. The number of carbonyl (C=O) groups excluding carboxylic acids is 1. The van der Waals surface area contributed by atoms with Crippen LogP contribution >= 0.6 is 0 Å². The Kier molecular flexibility index (Phi) is 5.35. The maximum Gasteiger partial charge on any atom is 0.335 e. The van der Waals surface area contributed by atoms with Crippen LogP contribution in [0.2, 0.25) is 0 Å². The lowest BCUT2D eigenvalue weighted by Gasteiger charge is -2.10. The molecule has 1 amide bonds. The fourth-order valence-corrected chi connectivity index (χ4v) is 2.39. The molecule has 1 aromatic carbocycles. The van der Waals surface area contributed by atoms with Gasteiger partial charge in [-0.2, -0.15) is 0 Å². The summed E-state index contributed by atoms with van der Waals surface area (Å²) in [5, 5.41) is 15.8. The molecular weight excluding hydrogens is 312 g/mol. The summed E-state index contributed by atoms with van der Waals surface area (Å²) in [6.07, 6.45) is 0. The summed E-state index contributed by atoms with van der Waals surface area (Å²) in [6.45, 7) is 5.73. The molecule has 2 aromatic rings. The standard InChI is InChI=1S/C17H20N2O5/c1-9(2)15-14(10(3)19-24-15)16(20)18-13-6-11(8-23-4)5-12(7-13)17(21)22/h5-7,9H,8H2,1-4H3,(H,18,20)(H,21,22). The molecule has 0 saturated heterocycles. The van der Waals surface area contributed by atoms with Gasteiger partial charge in [0.2, 0.25) is 0 Å². The number of carboxylic acid groups (broad SMARTS) is 1. The monoisotopic (exact) mass is 332 g/mol. The van der Waals surface area contributed by atoms with E-state index < -0.39 is 5.97 Å². The summed E-state index contributed by atoms with van der Waals surface area (Å²) >= 11 is 0. The van der Waals surface area contributed by atoms with Gasteiger partial charge in [0.05, 0.1) is 17.9 Å². The van der Waals surface area contributed by atoms with Crippen LogP contribution in [-0.4, -0.2) is 29.2 Å². The van der Waals surface area contributed by atoms with E-state index in [1.54, 1.807) is 13.0 Å². The molecule has 0 bridgehead atoms. The van der Waals surface area contributed by atoms with Crippen molar-refractivity contribution >= 4 is 17.6 Å². The first-order chi connectivity index (χ1) is 11.3. The molecule has 1 heterocycles. The molecule has 0 radical (unpaired) electrons. The first kappa shape index (κ1) is 17.7. The molecule has 0 aliphatic carbocycles. The second kappa shape index (κ2) is 7.27. The summed E-state index contributed by atoms with van der Waals surface area (Å²) in [7, 11) is 1.51. The minimum absolute atomic E-state index is 0.00126. The van der Waals surface area contributed by atoms with E-state index in [1.165, 1.54) is 19.2 Å². The van der Waals surface area contributed by atoms with Crippen LogP contribution in [0.25, 0.3) is 0 Å². The Morgan fingerprint density at radius 2 is 2.04 bits per heavy atom.